The summed E-state index contributed by atoms with van der Waals surface area (Å²) in [6.45, 7) is 5.05. The van der Waals surface area contributed by atoms with Crippen molar-refractivity contribution in [1.82, 2.24) is 15.5 Å². The first-order valence-electron chi connectivity index (χ1n) is 10.4. The van der Waals surface area contributed by atoms with Crippen molar-refractivity contribution in [3.8, 4) is 0 Å². The highest BCUT2D eigenvalue weighted by Crippen LogP contribution is 2.40. The average molecular weight is 476 g/mol. The number of hydrogen-bond donors (Lipinski definition) is 2. The molecule has 1 atom stereocenters. The third-order valence-corrected chi connectivity index (χ3v) is 6.81. The highest BCUT2D eigenvalue weighted by Gasteiger charge is 2.34. The number of aliphatic imine (C=N–C) groups is 1. The molecule has 1 saturated heterocycles. The minimum Gasteiger partial charge on any atom is -0.356 e. The molecule has 1 unspecified atom stereocenters. The fraction of sp³-hybridized carbons (Fsp3) is 0.900. The van der Waals surface area contributed by atoms with E-state index < -0.39 is 0 Å². The van der Waals surface area contributed by atoms with Gasteiger partial charge in [-0.15, -0.1) is 24.0 Å². The van der Waals surface area contributed by atoms with Crippen LogP contribution in [-0.4, -0.2) is 49.5 Å². The molecule has 2 saturated carbocycles. The highest BCUT2D eigenvalue weighted by molar-refractivity contribution is 14.0. The van der Waals surface area contributed by atoms with Crippen molar-refractivity contribution >= 4 is 35.8 Å². The van der Waals surface area contributed by atoms with Crippen LogP contribution in [0.1, 0.15) is 71.1 Å². The molecule has 3 rings (SSSR count). The van der Waals surface area contributed by atoms with Gasteiger partial charge in [-0.05, 0) is 43.9 Å². The topological polar surface area (TPSA) is 56.7 Å². The molecule has 0 spiro atoms. The van der Waals surface area contributed by atoms with Gasteiger partial charge in [0.25, 0.3) is 0 Å². The van der Waals surface area contributed by atoms with Crippen molar-refractivity contribution in [3.63, 3.8) is 0 Å². The summed E-state index contributed by atoms with van der Waals surface area (Å²) in [4.78, 5) is 19.1. The van der Waals surface area contributed by atoms with Crippen LogP contribution in [-0.2, 0) is 4.79 Å². The first-order valence-corrected chi connectivity index (χ1v) is 10.4. The standard InChI is InChI=1S/C20H36N4O.HI/c1-3-20(11-6-7-12-20)15-22-19(21-2)23-17-10-13-24(14-17)18(25)16-8-4-5-9-16;/h16-17H,3-15H2,1-2H3,(H2,21,22,23);1H. The van der Waals surface area contributed by atoms with Gasteiger partial charge < -0.3 is 15.5 Å². The normalized spacial score (nSPS) is 26.0. The monoisotopic (exact) mass is 476 g/mol. The molecule has 1 aliphatic heterocycles. The van der Waals surface area contributed by atoms with Crippen LogP contribution in [0.2, 0.25) is 0 Å². The molecule has 3 aliphatic rings. The van der Waals surface area contributed by atoms with Crippen LogP contribution in [0.15, 0.2) is 4.99 Å². The molecule has 0 radical (unpaired) electrons. The van der Waals surface area contributed by atoms with Gasteiger partial charge >= 0.3 is 0 Å². The van der Waals surface area contributed by atoms with Crippen LogP contribution >= 0.6 is 24.0 Å². The summed E-state index contributed by atoms with van der Waals surface area (Å²) in [5.74, 6) is 1.59. The van der Waals surface area contributed by atoms with Gasteiger partial charge in [-0.3, -0.25) is 9.79 Å². The second kappa shape index (κ2) is 10.1. The largest absolute Gasteiger partial charge is 0.356 e. The maximum atomic E-state index is 12.6. The molecule has 26 heavy (non-hydrogen) atoms. The summed E-state index contributed by atoms with van der Waals surface area (Å²) >= 11 is 0. The van der Waals surface area contributed by atoms with Crippen LogP contribution < -0.4 is 10.6 Å². The summed E-state index contributed by atoms with van der Waals surface area (Å²) in [6.07, 6.45) is 12.3. The molecular weight excluding hydrogens is 439 g/mol. The number of carbonyl (C=O) groups excluding carboxylic acids is 1. The molecule has 1 heterocycles. The molecule has 2 aliphatic carbocycles. The minimum atomic E-state index is 0. The lowest BCUT2D eigenvalue weighted by Gasteiger charge is -2.29. The third-order valence-electron chi connectivity index (χ3n) is 6.81. The van der Waals surface area contributed by atoms with Crippen molar-refractivity contribution in [2.24, 2.45) is 16.3 Å². The molecule has 0 bridgehead atoms. The summed E-state index contributed by atoms with van der Waals surface area (Å²) in [6, 6.07) is 0.331. The summed E-state index contributed by atoms with van der Waals surface area (Å²) in [5.41, 5.74) is 0.456. The first kappa shape index (κ1) is 21.8. The number of nitrogens with one attached hydrogen (secondary N) is 2. The number of likely N-dealkylation sites (tertiary alicyclic amines) is 1. The van der Waals surface area contributed by atoms with Gasteiger partial charge in [0, 0.05) is 38.6 Å². The molecule has 1 amide bonds. The predicted molar refractivity (Wildman–Crippen MR) is 118 cm³/mol. The summed E-state index contributed by atoms with van der Waals surface area (Å²) < 4.78 is 0. The Bertz CT molecular complexity index is 484. The molecule has 2 N–H and O–H groups in total. The Morgan fingerprint density at radius 1 is 1.15 bits per heavy atom. The molecule has 6 heteroatoms. The van der Waals surface area contributed by atoms with E-state index in [9.17, 15) is 4.79 Å². The second-order valence-electron chi connectivity index (χ2n) is 8.38. The molecule has 0 aromatic heterocycles. The summed E-state index contributed by atoms with van der Waals surface area (Å²) in [7, 11) is 1.85. The lowest BCUT2D eigenvalue weighted by molar-refractivity contribution is -0.134. The zero-order valence-corrected chi connectivity index (χ0v) is 18.9. The van der Waals surface area contributed by atoms with Gasteiger partial charge in [-0.2, -0.15) is 0 Å². The number of rotatable bonds is 5. The fourth-order valence-electron chi connectivity index (χ4n) is 4.95. The van der Waals surface area contributed by atoms with Crippen LogP contribution in [0, 0.1) is 11.3 Å². The molecule has 0 aromatic rings. The Balaban J connectivity index is 0.00000243. The van der Waals surface area contributed by atoms with Crippen molar-refractivity contribution < 1.29 is 4.79 Å². The van der Waals surface area contributed by atoms with Crippen LogP contribution in [0.5, 0.6) is 0 Å². The van der Waals surface area contributed by atoms with Crippen LogP contribution in [0.4, 0.5) is 0 Å². The van der Waals surface area contributed by atoms with Crippen LogP contribution in [0.3, 0.4) is 0 Å². The number of guanidine groups is 1. The highest BCUT2D eigenvalue weighted by atomic mass is 127. The second-order valence-corrected chi connectivity index (χ2v) is 8.38. The number of carbonyl (C=O) groups is 1. The maximum Gasteiger partial charge on any atom is 0.225 e. The Morgan fingerprint density at radius 2 is 1.85 bits per heavy atom. The third kappa shape index (κ3) is 5.26. The Morgan fingerprint density at radius 3 is 2.46 bits per heavy atom. The van der Waals surface area contributed by atoms with E-state index in [1.807, 2.05) is 7.05 Å². The zero-order chi connectivity index (χ0) is 17.7. The number of nitrogens with zero attached hydrogens (tertiary/aromatic N) is 2. The van der Waals surface area contributed by atoms with Crippen LogP contribution in [0.25, 0.3) is 0 Å². The Hall–Kier alpha value is -0.530. The fourth-order valence-corrected chi connectivity index (χ4v) is 4.95. The average Bonchev–Trinajstić information content (AvgIpc) is 3.40. The lowest BCUT2D eigenvalue weighted by atomic mass is 9.83. The molecular formula is C20H37IN4O. The van der Waals surface area contributed by atoms with Crippen molar-refractivity contribution in [2.45, 2.75) is 77.2 Å². The molecule has 5 nitrogen and oxygen atoms in total. The lowest BCUT2D eigenvalue weighted by Crippen LogP contribution is -2.48. The van der Waals surface area contributed by atoms with E-state index in [0.717, 1.165) is 44.9 Å². The SMILES string of the molecule is CCC1(CNC(=NC)NC2CCN(C(=O)C3CCCC3)C2)CCCC1.I. The van der Waals surface area contributed by atoms with Crippen molar-refractivity contribution in [3.05, 3.63) is 0 Å². The van der Waals surface area contributed by atoms with Crippen molar-refractivity contribution in [1.29, 1.82) is 0 Å². The number of amides is 1. The smallest absolute Gasteiger partial charge is 0.225 e. The molecule has 150 valence electrons. The van der Waals surface area contributed by atoms with Gasteiger partial charge in [-0.1, -0.05) is 32.6 Å². The van der Waals surface area contributed by atoms with Crippen molar-refractivity contribution in [2.75, 3.05) is 26.7 Å². The first-order chi connectivity index (χ1) is 12.2. The van der Waals surface area contributed by atoms with Gasteiger partial charge in [0.15, 0.2) is 5.96 Å². The predicted octanol–water partition coefficient (Wildman–Crippen LogP) is 3.53. The number of halogens is 1. The quantitative estimate of drug-likeness (QED) is 0.363. The van der Waals surface area contributed by atoms with Gasteiger partial charge in [0.1, 0.15) is 0 Å². The van der Waals surface area contributed by atoms with E-state index in [1.54, 1.807) is 0 Å². The molecule has 0 aromatic carbocycles. The van der Waals surface area contributed by atoms with E-state index in [-0.39, 0.29) is 24.0 Å². The minimum absolute atomic E-state index is 0. The van der Waals surface area contributed by atoms with E-state index in [2.05, 4.69) is 27.4 Å². The van der Waals surface area contributed by atoms with E-state index in [1.165, 1.54) is 44.9 Å². The zero-order valence-electron chi connectivity index (χ0n) is 16.6. The number of hydrogen-bond acceptors (Lipinski definition) is 2. The van der Waals surface area contributed by atoms with Gasteiger partial charge in [0.05, 0.1) is 0 Å². The summed E-state index contributed by atoms with van der Waals surface area (Å²) in [5, 5.41) is 7.12. The Kier molecular flexibility index (Phi) is 8.48. The van der Waals surface area contributed by atoms with E-state index in [4.69, 9.17) is 0 Å². The van der Waals surface area contributed by atoms with Gasteiger partial charge in [0.2, 0.25) is 5.91 Å². The van der Waals surface area contributed by atoms with Gasteiger partial charge in [-0.25, -0.2) is 0 Å². The van der Waals surface area contributed by atoms with E-state index in [0.29, 0.717) is 23.3 Å². The maximum absolute atomic E-state index is 12.6. The Labute approximate surface area is 176 Å². The molecule has 3 fully saturated rings. The van der Waals surface area contributed by atoms with E-state index >= 15 is 0 Å².